The summed E-state index contributed by atoms with van der Waals surface area (Å²) in [6.07, 6.45) is 1.20. The van der Waals surface area contributed by atoms with Crippen molar-refractivity contribution in [2.45, 2.75) is 6.92 Å². The zero-order chi connectivity index (χ0) is 12.7. The average Bonchev–Trinajstić information content (AvgIpc) is 2.93. The summed E-state index contributed by atoms with van der Waals surface area (Å²) in [6, 6.07) is 7.82. The monoisotopic (exact) mass is 242 g/mol. The molecule has 3 rings (SSSR count). The zero-order valence-corrected chi connectivity index (χ0v) is 9.60. The van der Waals surface area contributed by atoms with Crippen LogP contribution in [0.4, 0.5) is 0 Å². The summed E-state index contributed by atoms with van der Waals surface area (Å²) in [5.74, 6) is -0.808. The highest BCUT2D eigenvalue weighted by Gasteiger charge is 2.18. The number of nitrogens with one attached hydrogen (secondary N) is 1. The lowest BCUT2D eigenvalue weighted by Gasteiger charge is -1.92. The molecule has 0 aliphatic carbocycles. The second-order valence-electron chi connectivity index (χ2n) is 4.15. The number of carboxylic acid groups (broad SMARTS) is 1. The molecule has 0 fully saturated rings. The Morgan fingerprint density at radius 3 is 3.00 bits per heavy atom. The van der Waals surface area contributed by atoms with Gasteiger partial charge >= 0.3 is 5.97 Å². The van der Waals surface area contributed by atoms with E-state index in [1.807, 2.05) is 31.2 Å². The molecular formula is C13H10N2O3. The van der Waals surface area contributed by atoms with Crippen LogP contribution in [0.1, 0.15) is 15.9 Å². The molecule has 5 heteroatoms. The number of hydrogen-bond acceptors (Lipinski definition) is 3. The Labute approximate surface area is 102 Å². The van der Waals surface area contributed by atoms with Gasteiger partial charge in [-0.2, -0.15) is 0 Å². The molecule has 3 aromatic rings. The SMILES string of the molecule is Cc1ccc2cc(-c3oncc3C(=O)O)[nH]c2c1. The molecule has 2 aromatic heterocycles. The molecule has 2 heterocycles. The molecule has 0 aliphatic rings. The standard InChI is InChI=1S/C13H10N2O3/c1-7-2-3-8-5-11(15-10(8)4-7)12-9(13(16)17)6-14-18-12/h2-6,15H,1H3,(H,16,17). The average molecular weight is 242 g/mol. The molecule has 0 bridgehead atoms. The van der Waals surface area contributed by atoms with Crippen LogP contribution in [0.2, 0.25) is 0 Å². The molecule has 2 N–H and O–H groups in total. The molecule has 0 unspecified atom stereocenters. The van der Waals surface area contributed by atoms with E-state index in [0.29, 0.717) is 5.69 Å². The number of rotatable bonds is 2. The van der Waals surface area contributed by atoms with E-state index in [9.17, 15) is 4.79 Å². The molecule has 0 spiro atoms. The minimum atomic E-state index is -1.05. The van der Waals surface area contributed by atoms with Gasteiger partial charge in [0.1, 0.15) is 5.56 Å². The van der Waals surface area contributed by atoms with Crippen LogP contribution in [0.5, 0.6) is 0 Å². The Morgan fingerprint density at radius 2 is 2.22 bits per heavy atom. The topological polar surface area (TPSA) is 79.1 Å². The Morgan fingerprint density at radius 1 is 1.39 bits per heavy atom. The Hall–Kier alpha value is -2.56. The van der Waals surface area contributed by atoms with Gasteiger partial charge in [0.2, 0.25) is 0 Å². The lowest BCUT2D eigenvalue weighted by atomic mass is 10.2. The lowest BCUT2D eigenvalue weighted by molar-refractivity contribution is 0.0697. The van der Waals surface area contributed by atoms with Gasteiger partial charge in [0.05, 0.1) is 11.9 Å². The summed E-state index contributed by atoms with van der Waals surface area (Å²) in [4.78, 5) is 14.1. The van der Waals surface area contributed by atoms with Gasteiger partial charge < -0.3 is 14.6 Å². The molecule has 1 aromatic carbocycles. The maximum atomic E-state index is 11.0. The molecule has 18 heavy (non-hydrogen) atoms. The summed E-state index contributed by atoms with van der Waals surface area (Å²) in [5.41, 5.74) is 2.74. The van der Waals surface area contributed by atoms with E-state index in [4.69, 9.17) is 9.63 Å². The predicted octanol–water partition coefficient (Wildman–Crippen LogP) is 2.83. The van der Waals surface area contributed by atoms with Gasteiger partial charge in [0.15, 0.2) is 5.76 Å². The summed E-state index contributed by atoms with van der Waals surface area (Å²) < 4.78 is 5.01. The number of carboxylic acids is 1. The Balaban J connectivity index is 2.19. The summed E-state index contributed by atoms with van der Waals surface area (Å²) in [5, 5.41) is 13.6. The molecule has 90 valence electrons. The molecule has 0 saturated heterocycles. The minimum Gasteiger partial charge on any atom is -0.477 e. The van der Waals surface area contributed by atoms with Gasteiger partial charge in [0.25, 0.3) is 0 Å². The molecule has 5 nitrogen and oxygen atoms in total. The number of aromatic nitrogens is 2. The number of benzene rings is 1. The molecule has 0 radical (unpaired) electrons. The summed E-state index contributed by atoms with van der Waals surface area (Å²) in [7, 11) is 0. The van der Waals surface area contributed by atoms with Crippen LogP contribution in [0, 0.1) is 6.92 Å². The third kappa shape index (κ3) is 1.57. The largest absolute Gasteiger partial charge is 0.477 e. The van der Waals surface area contributed by atoms with Crippen molar-refractivity contribution in [1.82, 2.24) is 10.1 Å². The normalized spacial score (nSPS) is 10.9. The van der Waals surface area contributed by atoms with Gasteiger partial charge in [-0.15, -0.1) is 0 Å². The lowest BCUT2D eigenvalue weighted by Crippen LogP contribution is -1.95. The first-order chi connectivity index (χ1) is 8.65. The maximum absolute atomic E-state index is 11.0. The quantitative estimate of drug-likeness (QED) is 0.724. The number of aromatic carboxylic acids is 1. The van der Waals surface area contributed by atoms with Gasteiger partial charge in [0, 0.05) is 10.9 Å². The second-order valence-corrected chi connectivity index (χ2v) is 4.15. The van der Waals surface area contributed by atoms with Crippen molar-refractivity contribution >= 4 is 16.9 Å². The predicted molar refractivity (Wildman–Crippen MR) is 65.5 cm³/mol. The van der Waals surface area contributed by atoms with Crippen LogP contribution in [0.25, 0.3) is 22.4 Å². The molecule has 0 amide bonds. The van der Waals surface area contributed by atoms with Crippen molar-refractivity contribution < 1.29 is 14.4 Å². The zero-order valence-electron chi connectivity index (χ0n) is 9.60. The van der Waals surface area contributed by atoms with Crippen LogP contribution in [-0.4, -0.2) is 21.2 Å². The molecular weight excluding hydrogens is 232 g/mol. The maximum Gasteiger partial charge on any atom is 0.341 e. The van der Waals surface area contributed by atoms with Crippen molar-refractivity contribution in [1.29, 1.82) is 0 Å². The molecule has 0 saturated carbocycles. The van der Waals surface area contributed by atoms with E-state index in [2.05, 4.69) is 10.1 Å². The van der Waals surface area contributed by atoms with Gasteiger partial charge in [-0.3, -0.25) is 0 Å². The minimum absolute atomic E-state index is 0.0540. The molecule has 0 atom stereocenters. The number of nitrogens with zero attached hydrogens (tertiary/aromatic N) is 1. The van der Waals surface area contributed by atoms with Crippen molar-refractivity contribution in [3.63, 3.8) is 0 Å². The number of carbonyl (C=O) groups is 1. The summed E-state index contributed by atoms with van der Waals surface area (Å²) in [6.45, 7) is 2.00. The van der Waals surface area contributed by atoms with Crippen LogP contribution >= 0.6 is 0 Å². The first-order valence-electron chi connectivity index (χ1n) is 5.43. The first-order valence-corrected chi connectivity index (χ1v) is 5.43. The summed E-state index contributed by atoms with van der Waals surface area (Å²) >= 11 is 0. The van der Waals surface area contributed by atoms with Crippen LogP contribution < -0.4 is 0 Å². The Bertz CT molecular complexity index is 740. The highest BCUT2D eigenvalue weighted by atomic mass is 16.5. The number of hydrogen-bond donors (Lipinski definition) is 2. The van der Waals surface area contributed by atoms with Crippen LogP contribution in [0.3, 0.4) is 0 Å². The molecule has 0 aliphatic heterocycles. The van der Waals surface area contributed by atoms with Crippen molar-refractivity contribution in [3.05, 3.63) is 41.6 Å². The number of aromatic amines is 1. The number of H-pyrrole nitrogens is 1. The van der Waals surface area contributed by atoms with Crippen molar-refractivity contribution in [2.24, 2.45) is 0 Å². The van der Waals surface area contributed by atoms with Crippen LogP contribution in [-0.2, 0) is 0 Å². The van der Waals surface area contributed by atoms with Crippen molar-refractivity contribution in [2.75, 3.05) is 0 Å². The fourth-order valence-electron chi connectivity index (χ4n) is 1.95. The first kappa shape index (κ1) is 10.6. The van der Waals surface area contributed by atoms with Gasteiger partial charge in [-0.1, -0.05) is 17.3 Å². The van der Waals surface area contributed by atoms with Crippen LogP contribution in [0.15, 0.2) is 35.0 Å². The second kappa shape index (κ2) is 3.73. The number of aryl methyl sites for hydroxylation is 1. The van der Waals surface area contributed by atoms with Crippen molar-refractivity contribution in [3.8, 4) is 11.5 Å². The smallest absolute Gasteiger partial charge is 0.341 e. The third-order valence-corrected chi connectivity index (χ3v) is 2.82. The highest BCUT2D eigenvalue weighted by molar-refractivity contribution is 5.95. The van der Waals surface area contributed by atoms with E-state index < -0.39 is 5.97 Å². The van der Waals surface area contributed by atoms with E-state index in [1.54, 1.807) is 0 Å². The van der Waals surface area contributed by atoms with E-state index >= 15 is 0 Å². The van der Waals surface area contributed by atoms with Gasteiger partial charge in [-0.25, -0.2) is 4.79 Å². The van der Waals surface area contributed by atoms with E-state index in [0.717, 1.165) is 16.5 Å². The third-order valence-electron chi connectivity index (χ3n) is 2.82. The fraction of sp³-hybridized carbons (Fsp3) is 0.0769. The van der Waals surface area contributed by atoms with E-state index in [-0.39, 0.29) is 11.3 Å². The van der Waals surface area contributed by atoms with Gasteiger partial charge in [-0.05, 0) is 24.6 Å². The fourth-order valence-corrected chi connectivity index (χ4v) is 1.95. The Kier molecular flexibility index (Phi) is 2.19. The van der Waals surface area contributed by atoms with E-state index in [1.165, 1.54) is 6.20 Å². The number of fused-ring (bicyclic) bond motifs is 1. The highest BCUT2D eigenvalue weighted by Crippen LogP contribution is 2.27.